The minimum Gasteiger partial charge on any atom is -0.465 e. The molecule has 0 spiro atoms. The number of nitro groups is 1. The van der Waals surface area contributed by atoms with Crippen molar-refractivity contribution in [2.75, 3.05) is 12.4 Å². The summed E-state index contributed by atoms with van der Waals surface area (Å²) in [6.45, 7) is 4.08. The van der Waals surface area contributed by atoms with Crippen molar-refractivity contribution in [1.82, 2.24) is 0 Å². The molecule has 0 unspecified atom stereocenters. The molecule has 156 valence electrons. The molecule has 3 aliphatic rings. The molecule has 0 amide bonds. The Morgan fingerprint density at radius 1 is 1.17 bits per heavy atom. The maximum Gasteiger partial charge on any atom is 0.337 e. The monoisotopic (exact) mass is 406 g/mol. The second-order valence-corrected chi connectivity index (χ2v) is 9.06. The van der Waals surface area contributed by atoms with Crippen molar-refractivity contribution in [1.29, 1.82) is 0 Å². The van der Waals surface area contributed by atoms with E-state index in [1.165, 1.54) is 37.5 Å². The van der Waals surface area contributed by atoms with Crippen LogP contribution in [-0.4, -0.2) is 18.0 Å². The SMILES string of the molecule is COC(=O)c1ccc([C@@H]2Nc3c([N+](=O)[O-])cc(C)c(C)c3[C@@H]3[C@H]4CC[C@@H](C4)[C@H]32)cc1. The summed E-state index contributed by atoms with van der Waals surface area (Å²) in [5.41, 5.74) is 5.79. The number of carbonyl (C=O) groups is 1. The predicted octanol–water partition coefficient (Wildman–Crippen LogP) is 5.29. The molecular formula is C24H26N2O4. The first-order chi connectivity index (χ1) is 14.4. The number of hydrogen-bond acceptors (Lipinski definition) is 5. The number of aryl methyl sites for hydroxylation is 1. The normalized spacial score (nSPS) is 28.4. The fraction of sp³-hybridized carbons (Fsp3) is 0.458. The van der Waals surface area contributed by atoms with Crippen LogP contribution in [0.25, 0.3) is 0 Å². The van der Waals surface area contributed by atoms with Gasteiger partial charge < -0.3 is 10.1 Å². The van der Waals surface area contributed by atoms with Crippen LogP contribution in [0.15, 0.2) is 30.3 Å². The zero-order valence-corrected chi connectivity index (χ0v) is 17.5. The van der Waals surface area contributed by atoms with Crippen LogP contribution in [0.5, 0.6) is 0 Å². The minimum absolute atomic E-state index is 0.00491. The molecule has 2 aromatic rings. The molecule has 5 rings (SSSR count). The van der Waals surface area contributed by atoms with E-state index in [4.69, 9.17) is 4.74 Å². The zero-order chi connectivity index (χ0) is 21.2. The van der Waals surface area contributed by atoms with Crippen molar-refractivity contribution in [2.24, 2.45) is 17.8 Å². The maximum atomic E-state index is 11.9. The first-order valence-electron chi connectivity index (χ1n) is 10.6. The molecule has 0 aromatic heterocycles. The van der Waals surface area contributed by atoms with Gasteiger partial charge in [-0.2, -0.15) is 0 Å². The quantitative estimate of drug-likeness (QED) is 0.425. The number of nitrogens with one attached hydrogen (secondary N) is 1. The second-order valence-electron chi connectivity index (χ2n) is 9.06. The fourth-order valence-electron chi connectivity index (χ4n) is 6.38. The van der Waals surface area contributed by atoms with Gasteiger partial charge in [0.2, 0.25) is 0 Å². The molecule has 0 saturated heterocycles. The molecule has 1 aliphatic heterocycles. The summed E-state index contributed by atoms with van der Waals surface area (Å²) in [4.78, 5) is 23.5. The first kappa shape index (κ1) is 19.1. The Labute approximate surface area is 175 Å². The summed E-state index contributed by atoms with van der Waals surface area (Å²) in [6.07, 6.45) is 3.64. The minimum atomic E-state index is -0.358. The van der Waals surface area contributed by atoms with E-state index < -0.39 is 0 Å². The van der Waals surface area contributed by atoms with Crippen LogP contribution in [0.2, 0.25) is 0 Å². The maximum absolute atomic E-state index is 11.9. The first-order valence-corrected chi connectivity index (χ1v) is 10.6. The summed E-state index contributed by atoms with van der Waals surface area (Å²) in [7, 11) is 1.37. The lowest BCUT2D eigenvalue weighted by Crippen LogP contribution is -2.36. The molecule has 0 radical (unpaired) electrons. The van der Waals surface area contributed by atoms with Gasteiger partial charge in [0, 0.05) is 6.07 Å². The van der Waals surface area contributed by atoms with E-state index in [2.05, 4.69) is 12.2 Å². The highest BCUT2D eigenvalue weighted by molar-refractivity contribution is 5.89. The summed E-state index contributed by atoms with van der Waals surface area (Å²) in [6, 6.07) is 9.21. The van der Waals surface area contributed by atoms with Crippen molar-refractivity contribution in [3.8, 4) is 0 Å². The highest BCUT2D eigenvalue weighted by Gasteiger charge is 2.55. The van der Waals surface area contributed by atoms with Gasteiger partial charge in [0.05, 0.1) is 23.6 Å². The summed E-state index contributed by atoms with van der Waals surface area (Å²) in [5, 5.41) is 15.5. The third-order valence-electron chi connectivity index (χ3n) is 7.76. The number of rotatable bonds is 3. The van der Waals surface area contributed by atoms with Crippen LogP contribution in [0.3, 0.4) is 0 Å². The van der Waals surface area contributed by atoms with Gasteiger partial charge in [-0.3, -0.25) is 10.1 Å². The smallest absolute Gasteiger partial charge is 0.337 e. The molecule has 5 atom stereocenters. The number of nitro benzene ring substituents is 1. The summed E-state index contributed by atoms with van der Waals surface area (Å²) in [5.74, 6) is 1.63. The predicted molar refractivity (Wildman–Crippen MR) is 114 cm³/mol. The number of carbonyl (C=O) groups excluding carboxylic acids is 1. The van der Waals surface area contributed by atoms with Gasteiger partial charge in [-0.15, -0.1) is 0 Å². The average Bonchev–Trinajstić information content (AvgIpc) is 3.37. The molecule has 2 bridgehead atoms. The standard InChI is InChI=1S/C24H26N2O4/c1-12-10-18(26(28)29)23-19(13(12)2)20-16-8-9-17(11-16)21(20)22(25-23)14-4-6-15(7-5-14)24(27)30-3/h4-7,10,16-17,20-22,25H,8-9,11H2,1-3H3/t16-,17-,20-,21+,22-/m0/s1. The molecule has 1 heterocycles. The van der Waals surface area contributed by atoms with E-state index in [-0.39, 0.29) is 22.6 Å². The molecule has 1 N–H and O–H groups in total. The van der Waals surface area contributed by atoms with Gasteiger partial charge in [0.1, 0.15) is 5.69 Å². The number of anilines is 1. The van der Waals surface area contributed by atoms with E-state index in [0.29, 0.717) is 34.9 Å². The number of methoxy groups -OCH3 is 1. The van der Waals surface area contributed by atoms with E-state index >= 15 is 0 Å². The molecule has 6 heteroatoms. The molecule has 2 saturated carbocycles. The summed E-state index contributed by atoms with van der Waals surface area (Å²) < 4.78 is 4.81. The van der Waals surface area contributed by atoms with Gasteiger partial charge in [-0.1, -0.05) is 12.1 Å². The van der Waals surface area contributed by atoms with Crippen LogP contribution in [0, 0.1) is 41.7 Å². The van der Waals surface area contributed by atoms with E-state index in [9.17, 15) is 14.9 Å². The Hall–Kier alpha value is -2.89. The topological polar surface area (TPSA) is 81.5 Å². The van der Waals surface area contributed by atoms with Crippen molar-refractivity contribution in [2.45, 2.75) is 45.1 Å². The average molecular weight is 406 g/mol. The van der Waals surface area contributed by atoms with Crippen LogP contribution >= 0.6 is 0 Å². The molecule has 2 aliphatic carbocycles. The Kier molecular flexibility index (Phi) is 4.34. The van der Waals surface area contributed by atoms with Crippen LogP contribution in [-0.2, 0) is 4.74 Å². The van der Waals surface area contributed by atoms with Gasteiger partial charge >= 0.3 is 5.97 Å². The van der Waals surface area contributed by atoms with E-state index in [1.54, 1.807) is 18.2 Å². The Morgan fingerprint density at radius 2 is 1.87 bits per heavy atom. The number of fused-ring (bicyclic) bond motifs is 7. The zero-order valence-electron chi connectivity index (χ0n) is 17.5. The number of benzene rings is 2. The number of hydrogen-bond donors (Lipinski definition) is 1. The van der Waals surface area contributed by atoms with Gasteiger partial charge in [-0.25, -0.2) is 4.79 Å². The lowest BCUT2D eigenvalue weighted by molar-refractivity contribution is -0.384. The largest absolute Gasteiger partial charge is 0.465 e. The lowest BCUT2D eigenvalue weighted by atomic mass is 9.66. The van der Waals surface area contributed by atoms with E-state index in [1.807, 2.05) is 19.1 Å². The van der Waals surface area contributed by atoms with Gasteiger partial charge in [-0.05, 0) is 91.2 Å². The summed E-state index contributed by atoms with van der Waals surface area (Å²) >= 11 is 0. The molecule has 2 aromatic carbocycles. The Bertz CT molecular complexity index is 1050. The highest BCUT2D eigenvalue weighted by atomic mass is 16.6. The van der Waals surface area contributed by atoms with Gasteiger partial charge in [0.15, 0.2) is 0 Å². The Morgan fingerprint density at radius 3 is 2.53 bits per heavy atom. The van der Waals surface area contributed by atoms with Crippen molar-refractivity contribution in [3.63, 3.8) is 0 Å². The third-order valence-corrected chi connectivity index (χ3v) is 7.76. The molecule has 6 nitrogen and oxygen atoms in total. The van der Waals surface area contributed by atoms with Crippen molar-refractivity contribution in [3.05, 3.63) is 68.3 Å². The number of esters is 1. The van der Waals surface area contributed by atoms with Crippen molar-refractivity contribution >= 4 is 17.3 Å². The number of nitrogens with zero attached hydrogens (tertiary/aromatic N) is 1. The third kappa shape index (κ3) is 2.66. The fourth-order valence-corrected chi connectivity index (χ4v) is 6.38. The molecule has 30 heavy (non-hydrogen) atoms. The van der Waals surface area contributed by atoms with Crippen LogP contribution < -0.4 is 5.32 Å². The molecule has 2 fully saturated rings. The Balaban J connectivity index is 1.65. The highest BCUT2D eigenvalue weighted by Crippen LogP contribution is 2.65. The van der Waals surface area contributed by atoms with Crippen LogP contribution in [0.4, 0.5) is 11.4 Å². The number of ether oxygens (including phenoxy) is 1. The van der Waals surface area contributed by atoms with Crippen molar-refractivity contribution < 1.29 is 14.5 Å². The molecular weight excluding hydrogens is 380 g/mol. The second kappa shape index (κ2) is 6.83. The van der Waals surface area contributed by atoms with E-state index in [0.717, 1.165) is 11.1 Å². The van der Waals surface area contributed by atoms with Gasteiger partial charge in [0.25, 0.3) is 5.69 Å². The lowest BCUT2D eigenvalue weighted by Gasteiger charge is -2.44. The van der Waals surface area contributed by atoms with Crippen LogP contribution in [0.1, 0.15) is 63.8 Å².